The molecule has 0 atom stereocenters. The average Bonchev–Trinajstić information content (AvgIpc) is 2.95. The summed E-state index contributed by atoms with van der Waals surface area (Å²) in [5.74, 6) is -0.109. The Morgan fingerprint density at radius 2 is 1.86 bits per heavy atom. The maximum absolute atomic E-state index is 13.1. The van der Waals surface area contributed by atoms with Crippen LogP contribution >= 0.6 is 11.3 Å². The number of amides is 2. The first-order valence-corrected chi connectivity index (χ1v) is 9.70. The maximum Gasteiger partial charge on any atom is 0.261 e. The Balaban J connectivity index is 1.53. The molecule has 0 unspecified atom stereocenters. The molecule has 28 heavy (non-hydrogen) atoms. The fraction of sp³-hybridized carbons (Fsp3) is 0.300. The van der Waals surface area contributed by atoms with Gasteiger partial charge in [0.05, 0.1) is 11.3 Å². The Labute approximate surface area is 166 Å². The summed E-state index contributed by atoms with van der Waals surface area (Å²) in [7, 11) is 0. The van der Waals surface area contributed by atoms with Crippen molar-refractivity contribution >= 4 is 33.4 Å². The number of benzene rings is 1. The van der Waals surface area contributed by atoms with E-state index in [-0.39, 0.29) is 24.1 Å². The molecule has 146 valence electrons. The molecule has 1 aromatic carbocycles. The van der Waals surface area contributed by atoms with Crippen molar-refractivity contribution in [3.05, 3.63) is 57.6 Å². The number of carbonyl (C=O) groups is 2. The van der Waals surface area contributed by atoms with Crippen molar-refractivity contribution in [2.45, 2.75) is 27.2 Å². The number of aromatic nitrogens is 2. The van der Waals surface area contributed by atoms with Gasteiger partial charge in [0.1, 0.15) is 16.5 Å². The summed E-state index contributed by atoms with van der Waals surface area (Å²) in [6.45, 7) is 6.22. The van der Waals surface area contributed by atoms with Crippen molar-refractivity contribution < 1.29 is 14.0 Å². The summed E-state index contributed by atoms with van der Waals surface area (Å²) in [6.07, 6.45) is 0.0957. The second-order valence-corrected chi connectivity index (χ2v) is 7.50. The zero-order valence-electron chi connectivity index (χ0n) is 15.9. The Hall–Kier alpha value is -2.87. The van der Waals surface area contributed by atoms with Gasteiger partial charge in [0.2, 0.25) is 5.91 Å². The van der Waals surface area contributed by atoms with E-state index in [4.69, 9.17) is 0 Å². The number of halogens is 1. The fourth-order valence-corrected chi connectivity index (χ4v) is 4.24. The van der Waals surface area contributed by atoms with Gasteiger partial charge in [-0.2, -0.15) is 0 Å². The summed E-state index contributed by atoms with van der Waals surface area (Å²) in [5.41, 5.74) is 2.33. The van der Waals surface area contributed by atoms with Crippen LogP contribution in [-0.2, 0) is 11.2 Å². The summed E-state index contributed by atoms with van der Waals surface area (Å²) >= 11 is 1.34. The normalized spacial score (nSPS) is 10.9. The third-order valence-corrected chi connectivity index (χ3v) is 5.46. The van der Waals surface area contributed by atoms with Crippen molar-refractivity contribution in [2.24, 2.45) is 0 Å². The van der Waals surface area contributed by atoms with Crippen LogP contribution in [-0.4, -0.2) is 34.9 Å². The number of rotatable bonds is 6. The minimum absolute atomic E-state index is 0.0957. The molecule has 0 saturated carbocycles. The van der Waals surface area contributed by atoms with E-state index in [1.54, 1.807) is 12.1 Å². The minimum Gasteiger partial charge on any atom is -0.354 e. The number of nitrogens with zero attached hydrogens (tertiary/aromatic N) is 2. The van der Waals surface area contributed by atoms with E-state index in [1.165, 1.54) is 23.5 Å². The SMILES string of the molecule is Cc1nc(C)c2c(C)c(C(=O)NCCNC(=O)Cc3cccc(F)c3)sc2n1. The largest absolute Gasteiger partial charge is 0.354 e. The van der Waals surface area contributed by atoms with Crippen LogP contribution in [0.3, 0.4) is 0 Å². The lowest BCUT2D eigenvalue weighted by Gasteiger charge is -2.07. The van der Waals surface area contributed by atoms with Gasteiger partial charge in [-0.1, -0.05) is 12.1 Å². The molecule has 0 fully saturated rings. The van der Waals surface area contributed by atoms with Crippen LogP contribution in [0.15, 0.2) is 24.3 Å². The average molecular weight is 400 g/mol. The summed E-state index contributed by atoms with van der Waals surface area (Å²) < 4.78 is 13.1. The summed E-state index contributed by atoms with van der Waals surface area (Å²) in [5, 5.41) is 6.45. The maximum atomic E-state index is 13.1. The Kier molecular flexibility index (Phi) is 5.99. The topological polar surface area (TPSA) is 84.0 Å². The van der Waals surface area contributed by atoms with Gasteiger partial charge in [0.25, 0.3) is 5.91 Å². The summed E-state index contributed by atoms with van der Waals surface area (Å²) in [4.78, 5) is 34.6. The number of aryl methyl sites for hydroxylation is 3. The van der Waals surface area contributed by atoms with Crippen LogP contribution in [0.2, 0.25) is 0 Å². The third-order valence-electron chi connectivity index (χ3n) is 4.28. The fourth-order valence-electron chi connectivity index (χ4n) is 3.04. The van der Waals surface area contributed by atoms with Gasteiger partial charge >= 0.3 is 0 Å². The molecule has 0 aliphatic rings. The molecule has 2 N–H and O–H groups in total. The molecule has 0 radical (unpaired) electrons. The highest BCUT2D eigenvalue weighted by Gasteiger charge is 2.18. The summed E-state index contributed by atoms with van der Waals surface area (Å²) in [6, 6.07) is 5.93. The minimum atomic E-state index is -0.369. The highest BCUT2D eigenvalue weighted by molar-refractivity contribution is 7.20. The predicted molar refractivity (Wildman–Crippen MR) is 107 cm³/mol. The van der Waals surface area contributed by atoms with Gasteiger partial charge in [0.15, 0.2) is 0 Å². The quantitative estimate of drug-likeness (QED) is 0.623. The van der Waals surface area contributed by atoms with Crippen molar-refractivity contribution in [1.82, 2.24) is 20.6 Å². The second kappa shape index (κ2) is 8.43. The molecule has 3 aromatic rings. The third kappa shape index (κ3) is 4.51. The van der Waals surface area contributed by atoms with E-state index in [1.807, 2.05) is 20.8 Å². The molecule has 2 heterocycles. The second-order valence-electron chi connectivity index (χ2n) is 6.51. The van der Waals surface area contributed by atoms with Crippen molar-refractivity contribution in [3.63, 3.8) is 0 Å². The van der Waals surface area contributed by atoms with Crippen LogP contribution in [0, 0.1) is 26.6 Å². The predicted octanol–water partition coefficient (Wildman–Crippen LogP) is 2.84. The molecule has 8 heteroatoms. The number of hydrogen-bond donors (Lipinski definition) is 2. The van der Waals surface area contributed by atoms with Crippen LogP contribution in [0.5, 0.6) is 0 Å². The molecule has 3 rings (SSSR count). The van der Waals surface area contributed by atoms with Crippen LogP contribution in [0.25, 0.3) is 10.2 Å². The van der Waals surface area contributed by atoms with E-state index in [2.05, 4.69) is 20.6 Å². The highest BCUT2D eigenvalue weighted by Crippen LogP contribution is 2.31. The van der Waals surface area contributed by atoms with E-state index in [9.17, 15) is 14.0 Å². The van der Waals surface area contributed by atoms with Gasteiger partial charge in [-0.3, -0.25) is 9.59 Å². The first-order valence-electron chi connectivity index (χ1n) is 8.89. The van der Waals surface area contributed by atoms with Crippen LogP contribution in [0.1, 0.15) is 32.3 Å². The van der Waals surface area contributed by atoms with Crippen LogP contribution in [0.4, 0.5) is 4.39 Å². The van der Waals surface area contributed by atoms with Crippen LogP contribution < -0.4 is 10.6 Å². The molecular formula is C20H21FN4O2S. The number of hydrogen-bond acceptors (Lipinski definition) is 5. The number of thiophene rings is 1. The molecular weight excluding hydrogens is 379 g/mol. The van der Waals surface area contributed by atoms with Gasteiger partial charge in [-0.15, -0.1) is 11.3 Å². The zero-order valence-corrected chi connectivity index (χ0v) is 16.7. The Morgan fingerprint density at radius 3 is 2.61 bits per heavy atom. The number of fused-ring (bicyclic) bond motifs is 1. The molecule has 2 amide bonds. The van der Waals surface area contributed by atoms with E-state index < -0.39 is 0 Å². The zero-order chi connectivity index (χ0) is 20.3. The smallest absolute Gasteiger partial charge is 0.261 e. The lowest BCUT2D eigenvalue weighted by atomic mass is 10.1. The lowest BCUT2D eigenvalue weighted by Crippen LogP contribution is -2.35. The molecule has 0 aliphatic heterocycles. The van der Waals surface area contributed by atoms with E-state index in [0.29, 0.717) is 29.4 Å². The molecule has 6 nitrogen and oxygen atoms in total. The van der Waals surface area contributed by atoms with Gasteiger partial charge in [-0.05, 0) is 44.0 Å². The number of nitrogens with one attached hydrogen (secondary N) is 2. The standard InChI is InChI=1S/C20H21FN4O2S/c1-11-17-12(2)24-13(3)25-20(17)28-18(11)19(27)23-8-7-22-16(26)10-14-5-4-6-15(21)9-14/h4-6,9H,7-8,10H2,1-3H3,(H,22,26)(H,23,27). The molecule has 0 bridgehead atoms. The molecule has 0 aliphatic carbocycles. The number of carbonyl (C=O) groups excluding carboxylic acids is 2. The van der Waals surface area contributed by atoms with Crippen molar-refractivity contribution in [3.8, 4) is 0 Å². The van der Waals surface area contributed by atoms with E-state index in [0.717, 1.165) is 21.5 Å². The molecule has 2 aromatic heterocycles. The first kappa shape index (κ1) is 19.9. The molecule has 0 spiro atoms. The highest BCUT2D eigenvalue weighted by atomic mass is 32.1. The van der Waals surface area contributed by atoms with E-state index >= 15 is 0 Å². The van der Waals surface area contributed by atoms with Crippen molar-refractivity contribution in [1.29, 1.82) is 0 Å². The monoisotopic (exact) mass is 400 g/mol. The Bertz CT molecular complexity index is 1050. The first-order chi connectivity index (χ1) is 13.3. The van der Waals surface area contributed by atoms with Gasteiger partial charge in [0, 0.05) is 24.2 Å². The van der Waals surface area contributed by atoms with Gasteiger partial charge < -0.3 is 10.6 Å². The van der Waals surface area contributed by atoms with Crippen molar-refractivity contribution in [2.75, 3.05) is 13.1 Å². The van der Waals surface area contributed by atoms with Gasteiger partial charge in [-0.25, -0.2) is 14.4 Å². The Morgan fingerprint density at radius 1 is 1.11 bits per heavy atom. The molecule has 0 saturated heterocycles. The lowest BCUT2D eigenvalue weighted by molar-refractivity contribution is -0.120.